The Kier molecular flexibility index (Phi) is 4.70. The van der Waals surface area contributed by atoms with E-state index in [9.17, 15) is 8.42 Å². The molecule has 1 heterocycles. The van der Waals surface area contributed by atoms with Crippen LogP contribution in [0.25, 0.3) is 0 Å². The number of unbranched alkanes of at least 4 members (excludes halogenated alkanes) is 1. The summed E-state index contributed by atoms with van der Waals surface area (Å²) in [7, 11) is -1.36. The van der Waals surface area contributed by atoms with E-state index in [0.29, 0.717) is 6.42 Å². The fourth-order valence-corrected chi connectivity index (χ4v) is 3.22. The third-order valence-corrected chi connectivity index (χ3v) is 4.18. The fraction of sp³-hybridized carbons (Fsp3) is 0.727. The Balaban J connectivity index is 2.72. The molecule has 1 rings (SSSR count). The molecule has 1 N–H and O–H groups in total. The standard InChI is InChI=1S/C11H21N3O2S/c1-5-6-7-17(15,16)13-10(3)11-8-14(4)12-9(11)2/h8,10,13H,5-7H2,1-4H3. The minimum Gasteiger partial charge on any atom is -0.275 e. The molecule has 5 nitrogen and oxygen atoms in total. The summed E-state index contributed by atoms with van der Waals surface area (Å²) in [6.07, 6.45) is 3.41. The highest BCUT2D eigenvalue weighted by Gasteiger charge is 2.18. The van der Waals surface area contributed by atoms with Crippen molar-refractivity contribution in [2.24, 2.45) is 7.05 Å². The molecule has 0 aliphatic heterocycles. The summed E-state index contributed by atoms with van der Waals surface area (Å²) < 4.78 is 27.9. The molecule has 0 saturated carbocycles. The summed E-state index contributed by atoms with van der Waals surface area (Å²) >= 11 is 0. The number of nitrogens with one attached hydrogen (secondary N) is 1. The van der Waals surface area contributed by atoms with Crippen LogP contribution in [0.5, 0.6) is 0 Å². The lowest BCUT2D eigenvalue weighted by Crippen LogP contribution is -2.29. The van der Waals surface area contributed by atoms with Gasteiger partial charge in [0.15, 0.2) is 0 Å². The van der Waals surface area contributed by atoms with Crippen molar-refractivity contribution in [3.05, 3.63) is 17.5 Å². The van der Waals surface area contributed by atoms with Crippen molar-refractivity contribution in [3.63, 3.8) is 0 Å². The first kappa shape index (κ1) is 14.2. The SMILES string of the molecule is CCCCS(=O)(=O)NC(C)c1cn(C)nc1C. The average Bonchev–Trinajstić information content (AvgIpc) is 2.54. The van der Waals surface area contributed by atoms with Gasteiger partial charge in [-0.15, -0.1) is 0 Å². The van der Waals surface area contributed by atoms with Gasteiger partial charge in [-0.05, 0) is 20.3 Å². The first-order chi connectivity index (χ1) is 7.85. The highest BCUT2D eigenvalue weighted by atomic mass is 32.2. The summed E-state index contributed by atoms with van der Waals surface area (Å²) in [5.41, 5.74) is 1.78. The first-order valence-electron chi connectivity index (χ1n) is 5.86. The summed E-state index contributed by atoms with van der Waals surface area (Å²) in [6.45, 7) is 5.70. The zero-order chi connectivity index (χ0) is 13.1. The smallest absolute Gasteiger partial charge is 0.212 e. The maximum Gasteiger partial charge on any atom is 0.212 e. The van der Waals surface area contributed by atoms with Crippen LogP contribution in [0, 0.1) is 6.92 Å². The van der Waals surface area contributed by atoms with Crippen LogP contribution in [0.1, 0.15) is 44.0 Å². The normalized spacial score (nSPS) is 13.9. The van der Waals surface area contributed by atoms with Gasteiger partial charge in [0.1, 0.15) is 0 Å². The van der Waals surface area contributed by atoms with Crippen molar-refractivity contribution >= 4 is 10.0 Å². The summed E-state index contributed by atoms with van der Waals surface area (Å²) in [4.78, 5) is 0. The van der Waals surface area contributed by atoms with Crippen LogP contribution in [0.3, 0.4) is 0 Å². The lowest BCUT2D eigenvalue weighted by molar-refractivity contribution is 0.563. The zero-order valence-corrected chi connectivity index (χ0v) is 11.7. The summed E-state index contributed by atoms with van der Waals surface area (Å²) in [6, 6.07) is -0.231. The van der Waals surface area contributed by atoms with E-state index in [0.717, 1.165) is 17.7 Å². The van der Waals surface area contributed by atoms with Crippen LogP contribution in [-0.2, 0) is 17.1 Å². The molecule has 6 heteroatoms. The van der Waals surface area contributed by atoms with Gasteiger partial charge in [-0.25, -0.2) is 13.1 Å². The molecule has 0 aliphatic rings. The van der Waals surface area contributed by atoms with Crippen LogP contribution < -0.4 is 4.72 Å². The number of hydrogen-bond donors (Lipinski definition) is 1. The Labute approximate surface area is 103 Å². The largest absolute Gasteiger partial charge is 0.275 e. The second-order valence-electron chi connectivity index (χ2n) is 4.36. The van der Waals surface area contributed by atoms with Crippen molar-refractivity contribution in [3.8, 4) is 0 Å². The van der Waals surface area contributed by atoms with Crippen molar-refractivity contribution in [1.82, 2.24) is 14.5 Å². The number of hydrogen-bond acceptors (Lipinski definition) is 3. The molecule has 17 heavy (non-hydrogen) atoms. The lowest BCUT2D eigenvalue weighted by Gasteiger charge is -2.13. The number of rotatable bonds is 6. The van der Waals surface area contributed by atoms with Crippen molar-refractivity contribution < 1.29 is 8.42 Å². The summed E-state index contributed by atoms with van der Waals surface area (Å²) in [5, 5.41) is 4.21. The minimum atomic E-state index is -3.19. The third-order valence-electron chi connectivity index (χ3n) is 2.64. The molecular weight excluding hydrogens is 238 g/mol. The second-order valence-corrected chi connectivity index (χ2v) is 6.23. The van der Waals surface area contributed by atoms with Crippen LogP contribution in [0.15, 0.2) is 6.20 Å². The van der Waals surface area contributed by atoms with Crippen molar-refractivity contribution in [2.75, 3.05) is 5.75 Å². The molecule has 0 aliphatic carbocycles. The number of sulfonamides is 1. The van der Waals surface area contributed by atoms with Crippen molar-refractivity contribution in [1.29, 1.82) is 0 Å². The summed E-state index contributed by atoms with van der Waals surface area (Å²) in [5.74, 6) is 0.188. The third kappa shape index (κ3) is 4.12. The monoisotopic (exact) mass is 259 g/mol. The highest BCUT2D eigenvalue weighted by Crippen LogP contribution is 2.16. The van der Waals surface area contributed by atoms with Gasteiger partial charge in [-0.3, -0.25) is 4.68 Å². The van der Waals surface area contributed by atoms with E-state index < -0.39 is 10.0 Å². The van der Waals surface area contributed by atoms with Gasteiger partial charge in [0, 0.05) is 24.8 Å². The van der Waals surface area contributed by atoms with Gasteiger partial charge in [0.05, 0.1) is 11.4 Å². The van der Waals surface area contributed by atoms with E-state index in [1.165, 1.54) is 0 Å². The van der Waals surface area contributed by atoms with Gasteiger partial charge in [-0.2, -0.15) is 5.10 Å². The Morgan fingerprint density at radius 3 is 2.65 bits per heavy atom. The Bertz CT molecular complexity index is 465. The molecule has 1 atom stereocenters. The Morgan fingerprint density at radius 1 is 1.53 bits per heavy atom. The van der Waals surface area contributed by atoms with E-state index in [4.69, 9.17) is 0 Å². The molecule has 98 valence electrons. The van der Waals surface area contributed by atoms with E-state index in [1.807, 2.05) is 34.0 Å². The number of aryl methyl sites for hydroxylation is 2. The fourth-order valence-electron chi connectivity index (χ4n) is 1.77. The molecule has 0 bridgehead atoms. The van der Waals surface area contributed by atoms with E-state index in [1.54, 1.807) is 4.68 Å². The number of aromatic nitrogens is 2. The predicted octanol–water partition coefficient (Wildman–Crippen LogP) is 1.51. The van der Waals surface area contributed by atoms with Crippen LogP contribution in [0.4, 0.5) is 0 Å². The highest BCUT2D eigenvalue weighted by molar-refractivity contribution is 7.89. The van der Waals surface area contributed by atoms with E-state index >= 15 is 0 Å². The average molecular weight is 259 g/mol. The topological polar surface area (TPSA) is 64.0 Å². The predicted molar refractivity (Wildman–Crippen MR) is 68.2 cm³/mol. The van der Waals surface area contributed by atoms with Gasteiger partial charge >= 0.3 is 0 Å². The van der Waals surface area contributed by atoms with Gasteiger partial charge < -0.3 is 0 Å². The molecule has 1 aromatic rings. The first-order valence-corrected chi connectivity index (χ1v) is 7.51. The quantitative estimate of drug-likeness (QED) is 0.842. The molecule has 0 spiro atoms. The second kappa shape index (κ2) is 5.64. The maximum absolute atomic E-state index is 11.8. The zero-order valence-electron chi connectivity index (χ0n) is 10.9. The molecule has 0 saturated heterocycles. The van der Waals surface area contributed by atoms with Gasteiger partial charge in [0.25, 0.3) is 0 Å². The molecule has 0 aromatic carbocycles. The minimum absolute atomic E-state index is 0.188. The van der Waals surface area contributed by atoms with Crippen LogP contribution in [-0.4, -0.2) is 24.0 Å². The maximum atomic E-state index is 11.8. The molecule has 0 fully saturated rings. The molecule has 0 radical (unpaired) electrons. The lowest BCUT2D eigenvalue weighted by atomic mass is 10.1. The Morgan fingerprint density at radius 2 is 2.18 bits per heavy atom. The van der Waals surface area contributed by atoms with Crippen LogP contribution in [0.2, 0.25) is 0 Å². The number of nitrogens with zero attached hydrogens (tertiary/aromatic N) is 2. The van der Waals surface area contributed by atoms with E-state index in [2.05, 4.69) is 9.82 Å². The van der Waals surface area contributed by atoms with Crippen LogP contribution >= 0.6 is 0 Å². The molecule has 1 aromatic heterocycles. The Hall–Kier alpha value is -0.880. The van der Waals surface area contributed by atoms with Crippen molar-refractivity contribution in [2.45, 2.75) is 39.7 Å². The molecule has 1 unspecified atom stereocenters. The molecular formula is C11H21N3O2S. The molecule has 0 amide bonds. The van der Waals surface area contributed by atoms with E-state index in [-0.39, 0.29) is 11.8 Å². The van der Waals surface area contributed by atoms with Gasteiger partial charge in [-0.1, -0.05) is 13.3 Å². The van der Waals surface area contributed by atoms with Gasteiger partial charge in [0.2, 0.25) is 10.0 Å².